The molecule has 156 valence electrons. The number of hydrogen-bond acceptors (Lipinski definition) is 6. The second-order valence-corrected chi connectivity index (χ2v) is 11.2. The van der Waals surface area contributed by atoms with Gasteiger partial charge in [-0.1, -0.05) is 30.3 Å². The fourth-order valence-electron chi connectivity index (χ4n) is 4.10. The van der Waals surface area contributed by atoms with Crippen LogP contribution >= 0.6 is 11.3 Å². The molecule has 1 aliphatic carbocycles. The number of hydrogen-bond donors (Lipinski definition) is 0. The van der Waals surface area contributed by atoms with Crippen LogP contribution in [0.2, 0.25) is 0 Å². The van der Waals surface area contributed by atoms with Crippen LogP contribution in [0.25, 0.3) is 20.7 Å². The van der Waals surface area contributed by atoms with E-state index in [0.29, 0.717) is 16.6 Å². The van der Waals surface area contributed by atoms with Gasteiger partial charge in [-0.05, 0) is 30.9 Å². The molecule has 0 N–H and O–H groups in total. The van der Waals surface area contributed by atoms with Gasteiger partial charge in [-0.3, -0.25) is 14.2 Å². The number of fused-ring (bicyclic) bond motifs is 1. The molecule has 2 fully saturated rings. The van der Waals surface area contributed by atoms with Crippen molar-refractivity contribution in [2.24, 2.45) is 0 Å². The van der Waals surface area contributed by atoms with Gasteiger partial charge in [0.25, 0.3) is 5.56 Å². The zero-order valence-corrected chi connectivity index (χ0v) is 17.9. The highest BCUT2D eigenvalue weighted by Crippen LogP contribution is 2.33. The fourth-order valence-corrected chi connectivity index (χ4v) is 6.80. The van der Waals surface area contributed by atoms with Crippen LogP contribution < -0.4 is 5.56 Å². The van der Waals surface area contributed by atoms with Crippen molar-refractivity contribution in [3.8, 4) is 10.4 Å². The maximum absolute atomic E-state index is 13.1. The number of carbonyl (C=O) groups excluding carboxylic acids is 1. The van der Waals surface area contributed by atoms with E-state index in [4.69, 9.17) is 0 Å². The molecule has 30 heavy (non-hydrogen) atoms. The molecule has 1 saturated heterocycles. The molecule has 0 unspecified atom stereocenters. The Kier molecular flexibility index (Phi) is 4.74. The third kappa shape index (κ3) is 3.67. The molecule has 0 spiro atoms. The molecular formula is C21H21N3O4S2. The lowest BCUT2D eigenvalue weighted by Gasteiger charge is -2.28. The van der Waals surface area contributed by atoms with E-state index in [0.717, 1.165) is 23.3 Å². The van der Waals surface area contributed by atoms with Crippen molar-refractivity contribution >= 4 is 37.3 Å². The minimum absolute atomic E-state index is 0.0202. The summed E-state index contributed by atoms with van der Waals surface area (Å²) in [6, 6.07) is 11.4. The predicted octanol–water partition coefficient (Wildman–Crippen LogP) is 2.30. The van der Waals surface area contributed by atoms with E-state index in [-0.39, 0.29) is 41.6 Å². The summed E-state index contributed by atoms with van der Waals surface area (Å²) >= 11 is 1.45. The van der Waals surface area contributed by atoms with Crippen molar-refractivity contribution in [1.82, 2.24) is 14.5 Å². The van der Waals surface area contributed by atoms with Crippen molar-refractivity contribution in [3.05, 3.63) is 53.1 Å². The fraction of sp³-hybridized carbons (Fsp3) is 0.381. The Bertz CT molecular complexity index is 1280. The van der Waals surface area contributed by atoms with Gasteiger partial charge in [0.1, 0.15) is 11.4 Å². The van der Waals surface area contributed by atoms with Crippen LogP contribution in [0.15, 0.2) is 47.5 Å². The first-order valence-electron chi connectivity index (χ1n) is 9.97. The summed E-state index contributed by atoms with van der Waals surface area (Å²) in [5, 5.41) is 0.496. The van der Waals surface area contributed by atoms with E-state index in [1.807, 2.05) is 36.4 Å². The minimum Gasteiger partial charge on any atom is -0.334 e. The number of amides is 1. The van der Waals surface area contributed by atoms with E-state index in [1.54, 1.807) is 4.90 Å². The van der Waals surface area contributed by atoms with Gasteiger partial charge in [0.2, 0.25) is 5.91 Å². The number of thiophene rings is 1. The van der Waals surface area contributed by atoms with E-state index in [1.165, 1.54) is 22.2 Å². The van der Waals surface area contributed by atoms with Gasteiger partial charge < -0.3 is 4.90 Å². The lowest BCUT2D eigenvalue weighted by Crippen LogP contribution is -2.45. The third-order valence-corrected chi connectivity index (χ3v) is 8.55. The van der Waals surface area contributed by atoms with Crippen LogP contribution in [0.5, 0.6) is 0 Å². The SMILES string of the molecule is O=C(Cn1cnc2sc(-c3ccccc3)cc2c1=O)N(C1CC1)[C@@H]1CCS(=O)(=O)C1. The first-order valence-corrected chi connectivity index (χ1v) is 12.6. The molecule has 0 radical (unpaired) electrons. The van der Waals surface area contributed by atoms with Gasteiger partial charge in [0, 0.05) is 17.0 Å². The first-order chi connectivity index (χ1) is 14.4. The average molecular weight is 444 g/mol. The molecule has 1 saturated carbocycles. The summed E-state index contributed by atoms with van der Waals surface area (Å²) in [7, 11) is -3.09. The summed E-state index contributed by atoms with van der Waals surface area (Å²) in [5.74, 6) is -0.0630. The molecule has 5 rings (SSSR count). The number of rotatable bonds is 5. The second kappa shape index (κ2) is 7.31. The summed E-state index contributed by atoms with van der Waals surface area (Å²) in [6.45, 7) is -0.120. The Morgan fingerprint density at radius 2 is 1.93 bits per heavy atom. The van der Waals surface area contributed by atoms with E-state index in [2.05, 4.69) is 4.98 Å². The average Bonchev–Trinajstić information content (AvgIpc) is 3.34. The van der Waals surface area contributed by atoms with E-state index in [9.17, 15) is 18.0 Å². The Hall–Kier alpha value is -2.52. The van der Waals surface area contributed by atoms with Crippen molar-refractivity contribution < 1.29 is 13.2 Å². The van der Waals surface area contributed by atoms with Crippen LogP contribution in [0, 0.1) is 0 Å². The number of sulfone groups is 1. The van der Waals surface area contributed by atoms with Gasteiger partial charge >= 0.3 is 0 Å². The number of carbonyl (C=O) groups is 1. The highest BCUT2D eigenvalue weighted by Gasteiger charge is 2.42. The van der Waals surface area contributed by atoms with Crippen LogP contribution in [0.1, 0.15) is 19.3 Å². The molecule has 1 atom stereocenters. The number of nitrogens with zero attached hydrogens (tertiary/aromatic N) is 3. The summed E-state index contributed by atoms with van der Waals surface area (Å²) in [6.07, 6.45) is 3.67. The van der Waals surface area contributed by atoms with Gasteiger partial charge in [-0.2, -0.15) is 0 Å². The lowest BCUT2D eigenvalue weighted by atomic mass is 10.2. The Morgan fingerprint density at radius 3 is 2.60 bits per heavy atom. The Balaban J connectivity index is 1.42. The van der Waals surface area contributed by atoms with Crippen LogP contribution in [0.3, 0.4) is 0 Å². The molecule has 2 aliphatic rings. The third-order valence-electron chi connectivity index (χ3n) is 5.71. The standard InChI is InChI=1S/C21H21N3O4S2/c25-19(24(15-6-7-15)16-8-9-30(27,28)12-16)11-23-13-22-20-17(21(23)26)10-18(29-20)14-4-2-1-3-5-14/h1-5,10,13,15-16H,6-9,11-12H2/t16-/m1/s1. The number of benzene rings is 1. The van der Waals surface area contributed by atoms with Crippen LogP contribution in [-0.2, 0) is 21.2 Å². The monoisotopic (exact) mass is 443 g/mol. The predicted molar refractivity (Wildman–Crippen MR) is 116 cm³/mol. The van der Waals surface area contributed by atoms with Gasteiger partial charge in [-0.25, -0.2) is 13.4 Å². The molecule has 1 aromatic carbocycles. The molecule has 3 heterocycles. The maximum Gasteiger partial charge on any atom is 0.262 e. The zero-order valence-electron chi connectivity index (χ0n) is 16.2. The molecule has 2 aromatic heterocycles. The highest BCUT2D eigenvalue weighted by molar-refractivity contribution is 7.91. The van der Waals surface area contributed by atoms with Gasteiger partial charge in [0.05, 0.1) is 23.2 Å². The lowest BCUT2D eigenvalue weighted by molar-refractivity contribution is -0.134. The molecule has 9 heteroatoms. The van der Waals surface area contributed by atoms with Crippen LogP contribution in [-0.4, -0.2) is 52.4 Å². The Morgan fingerprint density at radius 1 is 1.17 bits per heavy atom. The smallest absolute Gasteiger partial charge is 0.262 e. The summed E-state index contributed by atoms with van der Waals surface area (Å²) < 4.78 is 25.1. The molecular weight excluding hydrogens is 422 g/mol. The van der Waals surface area contributed by atoms with Crippen molar-refractivity contribution in [2.75, 3.05) is 11.5 Å². The maximum atomic E-state index is 13.1. The summed E-state index contributed by atoms with van der Waals surface area (Å²) in [4.78, 5) is 33.8. The molecule has 7 nitrogen and oxygen atoms in total. The summed E-state index contributed by atoms with van der Waals surface area (Å²) in [5.41, 5.74) is 0.770. The zero-order chi connectivity index (χ0) is 20.9. The van der Waals surface area contributed by atoms with Crippen molar-refractivity contribution in [3.63, 3.8) is 0 Å². The molecule has 0 bridgehead atoms. The van der Waals surface area contributed by atoms with Gasteiger partial charge in [-0.15, -0.1) is 11.3 Å². The van der Waals surface area contributed by atoms with Crippen molar-refractivity contribution in [2.45, 2.75) is 37.9 Å². The number of aromatic nitrogens is 2. The normalized spacial score (nSPS) is 20.5. The Labute approximate surface area is 177 Å². The first kappa shape index (κ1) is 19.4. The minimum atomic E-state index is -3.09. The van der Waals surface area contributed by atoms with E-state index < -0.39 is 9.84 Å². The molecule has 3 aromatic rings. The second-order valence-electron chi connectivity index (χ2n) is 7.96. The highest BCUT2D eigenvalue weighted by atomic mass is 32.2. The molecule has 1 amide bonds. The van der Waals surface area contributed by atoms with Crippen LogP contribution in [0.4, 0.5) is 0 Å². The van der Waals surface area contributed by atoms with E-state index >= 15 is 0 Å². The largest absolute Gasteiger partial charge is 0.334 e. The quantitative estimate of drug-likeness (QED) is 0.604. The topological polar surface area (TPSA) is 89.3 Å². The van der Waals surface area contributed by atoms with Crippen molar-refractivity contribution in [1.29, 1.82) is 0 Å². The molecule has 1 aliphatic heterocycles. The van der Waals surface area contributed by atoms with Gasteiger partial charge in [0.15, 0.2) is 9.84 Å².